The van der Waals surface area contributed by atoms with Crippen LogP contribution in [-0.4, -0.2) is 17.9 Å². The van der Waals surface area contributed by atoms with Crippen molar-refractivity contribution in [2.24, 2.45) is 0 Å². The van der Waals surface area contributed by atoms with E-state index in [4.69, 9.17) is 11.6 Å². The summed E-state index contributed by atoms with van der Waals surface area (Å²) in [5, 5.41) is 9.58. The van der Waals surface area contributed by atoms with Crippen LogP contribution in [0.4, 0.5) is 15.8 Å². The van der Waals surface area contributed by atoms with Gasteiger partial charge in [-0.15, -0.1) is 0 Å². The van der Waals surface area contributed by atoms with E-state index in [1.807, 2.05) is 0 Å². The molecule has 4 rings (SSSR count). The monoisotopic (exact) mass is 437 g/mol. The number of halogens is 2. The normalized spacial score (nSPS) is 13.9. The summed E-state index contributed by atoms with van der Waals surface area (Å²) in [6, 6.07) is 19.1. The average Bonchev–Trinajstić information content (AvgIpc) is 3.58. The van der Waals surface area contributed by atoms with Crippen LogP contribution >= 0.6 is 11.6 Å². The number of benzene rings is 3. The fraction of sp³-hybridized carbons (Fsp3) is 0.167. The van der Waals surface area contributed by atoms with Gasteiger partial charge >= 0.3 is 0 Å². The quantitative estimate of drug-likeness (QED) is 0.478. The molecule has 0 bridgehead atoms. The van der Waals surface area contributed by atoms with Crippen molar-refractivity contribution < 1.29 is 14.0 Å². The van der Waals surface area contributed by atoms with Crippen LogP contribution in [0.2, 0.25) is 5.02 Å². The number of anilines is 2. The molecule has 0 spiro atoms. The highest BCUT2D eigenvalue weighted by Crippen LogP contribution is 2.25. The number of carbonyl (C=O) groups excluding carboxylic acids is 2. The van der Waals surface area contributed by atoms with E-state index in [1.54, 1.807) is 60.7 Å². The van der Waals surface area contributed by atoms with Crippen LogP contribution in [0.15, 0.2) is 72.8 Å². The van der Waals surface area contributed by atoms with E-state index < -0.39 is 6.04 Å². The summed E-state index contributed by atoms with van der Waals surface area (Å²) in [5.74, 6) is -0.759. The van der Waals surface area contributed by atoms with E-state index in [0.717, 1.165) is 12.8 Å². The molecule has 1 saturated carbocycles. The zero-order valence-electron chi connectivity index (χ0n) is 16.6. The molecule has 31 heavy (non-hydrogen) atoms. The molecule has 0 radical (unpaired) electrons. The third kappa shape index (κ3) is 5.61. The van der Waals surface area contributed by atoms with Gasteiger partial charge in [0, 0.05) is 28.0 Å². The maximum Gasteiger partial charge on any atom is 0.255 e. The minimum Gasteiger partial charge on any atom is -0.370 e. The molecule has 3 aromatic carbocycles. The second-order valence-corrected chi connectivity index (χ2v) is 7.89. The molecule has 1 aliphatic rings. The first kappa shape index (κ1) is 20.9. The molecule has 0 saturated heterocycles. The Hall–Kier alpha value is -3.38. The molecule has 0 aliphatic heterocycles. The molecule has 3 N–H and O–H groups in total. The number of carbonyl (C=O) groups is 2. The molecule has 5 nitrogen and oxygen atoms in total. The molecular weight excluding hydrogens is 417 g/mol. The van der Waals surface area contributed by atoms with Gasteiger partial charge in [-0.1, -0.05) is 23.7 Å². The molecule has 1 aliphatic carbocycles. The smallest absolute Gasteiger partial charge is 0.255 e. The predicted molar refractivity (Wildman–Crippen MR) is 120 cm³/mol. The van der Waals surface area contributed by atoms with Gasteiger partial charge in [-0.05, 0) is 79.1 Å². The summed E-state index contributed by atoms with van der Waals surface area (Å²) in [6.45, 7) is 0. The van der Waals surface area contributed by atoms with Gasteiger partial charge in [-0.2, -0.15) is 0 Å². The molecule has 2 amide bonds. The summed E-state index contributed by atoms with van der Waals surface area (Å²) in [6.07, 6.45) is 1.95. The average molecular weight is 438 g/mol. The zero-order chi connectivity index (χ0) is 21.8. The van der Waals surface area contributed by atoms with E-state index in [0.29, 0.717) is 27.5 Å². The second-order valence-electron chi connectivity index (χ2n) is 7.45. The van der Waals surface area contributed by atoms with Crippen molar-refractivity contribution in [3.63, 3.8) is 0 Å². The van der Waals surface area contributed by atoms with Crippen molar-refractivity contribution in [1.29, 1.82) is 0 Å². The Morgan fingerprint density at radius 2 is 1.48 bits per heavy atom. The van der Waals surface area contributed by atoms with Gasteiger partial charge in [0.2, 0.25) is 5.91 Å². The van der Waals surface area contributed by atoms with Gasteiger partial charge in [-0.3, -0.25) is 9.59 Å². The topological polar surface area (TPSA) is 70.2 Å². The fourth-order valence-corrected chi connectivity index (χ4v) is 3.21. The number of nitrogens with one attached hydrogen (secondary N) is 3. The van der Waals surface area contributed by atoms with Gasteiger partial charge in [0.25, 0.3) is 5.91 Å². The second kappa shape index (κ2) is 9.18. The number of hydrogen-bond donors (Lipinski definition) is 3. The largest absolute Gasteiger partial charge is 0.370 e. The summed E-state index contributed by atoms with van der Waals surface area (Å²) < 4.78 is 13.3. The lowest BCUT2D eigenvalue weighted by molar-refractivity contribution is -0.122. The Balaban J connectivity index is 1.45. The molecule has 1 unspecified atom stereocenters. The van der Waals surface area contributed by atoms with Crippen molar-refractivity contribution in [2.75, 3.05) is 10.6 Å². The zero-order valence-corrected chi connectivity index (χ0v) is 17.3. The van der Waals surface area contributed by atoms with Gasteiger partial charge in [0.05, 0.1) is 0 Å². The van der Waals surface area contributed by atoms with Crippen LogP contribution in [0.1, 0.15) is 34.8 Å². The first-order valence-electron chi connectivity index (χ1n) is 9.97. The first-order valence-corrected chi connectivity index (χ1v) is 10.3. The predicted octanol–water partition coefficient (Wildman–Crippen LogP) is 5.16. The highest BCUT2D eigenvalue weighted by Gasteiger charge is 2.28. The molecule has 0 heterocycles. The Labute approximate surface area is 184 Å². The van der Waals surface area contributed by atoms with E-state index in [1.165, 1.54) is 12.1 Å². The molecular formula is C24H21ClFN3O2. The number of rotatable bonds is 7. The maximum atomic E-state index is 13.3. The number of amides is 2. The maximum absolute atomic E-state index is 13.3. The summed E-state index contributed by atoms with van der Waals surface area (Å²) in [7, 11) is 0. The SMILES string of the molecule is O=C(Nc1ccc(NC(C(=O)NC2CC2)c2ccc(F)cc2)cc1)c1ccc(Cl)cc1. The van der Waals surface area contributed by atoms with Crippen molar-refractivity contribution in [3.05, 3.63) is 94.8 Å². The first-order chi connectivity index (χ1) is 15.0. The van der Waals surface area contributed by atoms with Crippen LogP contribution in [0.25, 0.3) is 0 Å². The third-order valence-electron chi connectivity index (χ3n) is 4.95. The van der Waals surface area contributed by atoms with Crippen molar-refractivity contribution in [3.8, 4) is 0 Å². The minimum atomic E-state index is -0.657. The lowest BCUT2D eigenvalue weighted by Gasteiger charge is -2.20. The Morgan fingerprint density at radius 3 is 2.10 bits per heavy atom. The number of hydrogen-bond acceptors (Lipinski definition) is 3. The Morgan fingerprint density at radius 1 is 0.871 bits per heavy atom. The van der Waals surface area contributed by atoms with Gasteiger partial charge in [0.1, 0.15) is 11.9 Å². The molecule has 7 heteroatoms. The van der Waals surface area contributed by atoms with Crippen molar-refractivity contribution >= 4 is 34.8 Å². The lowest BCUT2D eigenvalue weighted by atomic mass is 10.1. The van der Waals surface area contributed by atoms with Crippen LogP contribution in [0.5, 0.6) is 0 Å². The van der Waals surface area contributed by atoms with Crippen LogP contribution in [-0.2, 0) is 4.79 Å². The van der Waals surface area contributed by atoms with Gasteiger partial charge in [-0.25, -0.2) is 4.39 Å². The third-order valence-corrected chi connectivity index (χ3v) is 5.20. The lowest BCUT2D eigenvalue weighted by Crippen LogP contribution is -2.34. The Kier molecular flexibility index (Phi) is 6.18. The van der Waals surface area contributed by atoms with Crippen LogP contribution in [0, 0.1) is 5.82 Å². The molecule has 158 valence electrons. The Bertz CT molecular complexity index is 1070. The fourth-order valence-electron chi connectivity index (χ4n) is 3.09. The highest BCUT2D eigenvalue weighted by atomic mass is 35.5. The van der Waals surface area contributed by atoms with Gasteiger partial charge in [0.15, 0.2) is 0 Å². The molecule has 1 atom stereocenters. The van der Waals surface area contributed by atoms with Crippen LogP contribution < -0.4 is 16.0 Å². The van der Waals surface area contributed by atoms with E-state index in [2.05, 4.69) is 16.0 Å². The summed E-state index contributed by atoms with van der Waals surface area (Å²) in [4.78, 5) is 25.1. The highest BCUT2D eigenvalue weighted by molar-refractivity contribution is 6.30. The van der Waals surface area contributed by atoms with Crippen LogP contribution in [0.3, 0.4) is 0 Å². The molecule has 1 fully saturated rings. The van der Waals surface area contributed by atoms with Crippen molar-refractivity contribution in [1.82, 2.24) is 5.32 Å². The summed E-state index contributed by atoms with van der Waals surface area (Å²) >= 11 is 5.86. The van der Waals surface area contributed by atoms with Gasteiger partial charge < -0.3 is 16.0 Å². The summed E-state index contributed by atoms with van der Waals surface area (Å²) in [5.41, 5.74) is 2.48. The van der Waals surface area contributed by atoms with Crippen molar-refractivity contribution in [2.45, 2.75) is 24.9 Å². The molecule has 0 aromatic heterocycles. The van der Waals surface area contributed by atoms with E-state index >= 15 is 0 Å². The van der Waals surface area contributed by atoms with E-state index in [9.17, 15) is 14.0 Å². The van der Waals surface area contributed by atoms with E-state index in [-0.39, 0.29) is 23.7 Å². The molecule has 3 aromatic rings. The minimum absolute atomic E-state index is 0.158. The standard InChI is InChI=1S/C24H21ClFN3O2/c25-17-5-1-16(2-6-17)23(30)28-20-11-9-19(10-12-20)27-22(24(31)29-21-13-14-21)15-3-7-18(26)8-4-15/h1-12,21-22,27H,13-14H2,(H,28,30)(H,29,31).